The second-order valence-corrected chi connectivity index (χ2v) is 5.00. The lowest BCUT2D eigenvalue weighted by molar-refractivity contribution is -0.128. The number of amides is 1. The van der Waals surface area contributed by atoms with Crippen LogP contribution in [0.4, 0.5) is 11.4 Å². The van der Waals surface area contributed by atoms with Crippen LogP contribution in [-0.4, -0.2) is 44.5 Å². The number of nitrogens with one attached hydrogen (secondary N) is 1. The second kappa shape index (κ2) is 5.29. The fourth-order valence-electron chi connectivity index (χ4n) is 1.97. The number of anilines is 2. The van der Waals surface area contributed by atoms with Crippen LogP contribution in [0.2, 0.25) is 0 Å². The highest BCUT2D eigenvalue weighted by Gasteiger charge is 2.29. The lowest BCUT2D eigenvalue weighted by Crippen LogP contribution is -2.34. The van der Waals surface area contributed by atoms with E-state index in [9.17, 15) is 4.79 Å². The maximum absolute atomic E-state index is 11.9. The molecule has 4 heteroatoms. The van der Waals surface area contributed by atoms with Gasteiger partial charge in [-0.2, -0.15) is 0 Å². The van der Waals surface area contributed by atoms with E-state index >= 15 is 0 Å². The van der Waals surface area contributed by atoms with E-state index in [1.165, 1.54) is 0 Å². The van der Waals surface area contributed by atoms with Crippen molar-refractivity contribution in [1.29, 1.82) is 0 Å². The van der Waals surface area contributed by atoms with Gasteiger partial charge in [0.25, 0.3) is 0 Å². The van der Waals surface area contributed by atoms with Crippen LogP contribution in [0.25, 0.3) is 0 Å². The SMILES string of the molecule is CN(C)c1ccccc1NCC(=O)N(C)C1CC1. The van der Waals surface area contributed by atoms with Crippen molar-refractivity contribution in [2.45, 2.75) is 18.9 Å². The Morgan fingerprint density at radius 1 is 1.28 bits per heavy atom. The predicted molar refractivity (Wildman–Crippen MR) is 75.1 cm³/mol. The minimum atomic E-state index is 0.158. The van der Waals surface area contributed by atoms with Crippen molar-refractivity contribution in [1.82, 2.24) is 4.90 Å². The number of hydrogen-bond acceptors (Lipinski definition) is 3. The number of para-hydroxylation sites is 2. The van der Waals surface area contributed by atoms with Gasteiger partial charge < -0.3 is 15.1 Å². The van der Waals surface area contributed by atoms with Crippen LogP contribution < -0.4 is 10.2 Å². The van der Waals surface area contributed by atoms with Crippen molar-refractivity contribution in [3.63, 3.8) is 0 Å². The Morgan fingerprint density at radius 3 is 2.56 bits per heavy atom. The van der Waals surface area contributed by atoms with Gasteiger partial charge in [-0.15, -0.1) is 0 Å². The third-order valence-corrected chi connectivity index (χ3v) is 3.30. The van der Waals surface area contributed by atoms with E-state index in [0.717, 1.165) is 24.2 Å². The van der Waals surface area contributed by atoms with Crippen molar-refractivity contribution in [2.24, 2.45) is 0 Å². The molecule has 1 aliphatic carbocycles. The van der Waals surface area contributed by atoms with Gasteiger partial charge in [0.05, 0.1) is 17.9 Å². The monoisotopic (exact) mass is 247 g/mol. The summed E-state index contributed by atoms with van der Waals surface area (Å²) in [5, 5.41) is 3.23. The van der Waals surface area contributed by atoms with E-state index < -0.39 is 0 Å². The zero-order chi connectivity index (χ0) is 13.1. The summed E-state index contributed by atoms with van der Waals surface area (Å²) in [5.74, 6) is 0.158. The molecule has 0 unspecified atom stereocenters. The average molecular weight is 247 g/mol. The molecule has 1 aromatic rings. The van der Waals surface area contributed by atoms with Crippen LogP contribution in [0.5, 0.6) is 0 Å². The van der Waals surface area contributed by atoms with Gasteiger partial charge in [-0.3, -0.25) is 4.79 Å². The number of hydrogen-bond donors (Lipinski definition) is 1. The standard InChI is InChI=1S/C14H21N3O/c1-16(2)13-7-5-4-6-12(13)15-10-14(18)17(3)11-8-9-11/h4-7,11,15H,8-10H2,1-3H3. The molecule has 0 aromatic heterocycles. The minimum Gasteiger partial charge on any atom is -0.376 e. The summed E-state index contributed by atoms with van der Waals surface area (Å²) in [4.78, 5) is 15.8. The Kier molecular flexibility index (Phi) is 3.75. The van der Waals surface area contributed by atoms with Crippen molar-refractivity contribution in [2.75, 3.05) is 37.9 Å². The summed E-state index contributed by atoms with van der Waals surface area (Å²) in [5.41, 5.74) is 2.10. The lowest BCUT2D eigenvalue weighted by Gasteiger charge is -2.20. The van der Waals surface area contributed by atoms with Crippen LogP contribution in [0, 0.1) is 0 Å². The Labute approximate surface area is 109 Å². The Morgan fingerprint density at radius 2 is 1.94 bits per heavy atom. The zero-order valence-electron chi connectivity index (χ0n) is 11.3. The summed E-state index contributed by atoms with van der Waals surface area (Å²) in [7, 11) is 5.89. The summed E-state index contributed by atoms with van der Waals surface area (Å²) in [6, 6.07) is 8.49. The van der Waals surface area contributed by atoms with Crippen LogP contribution >= 0.6 is 0 Å². The van der Waals surface area contributed by atoms with Crippen LogP contribution in [-0.2, 0) is 4.79 Å². The molecule has 2 rings (SSSR count). The van der Waals surface area contributed by atoms with Gasteiger partial charge in [-0.1, -0.05) is 12.1 Å². The molecule has 1 saturated carbocycles. The van der Waals surface area contributed by atoms with Crippen LogP contribution in [0.15, 0.2) is 24.3 Å². The molecule has 1 amide bonds. The molecule has 0 radical (unpaired) electrons. The molecule has 0 bridgehead atoms. The predicted octanol–water partition coefficient (Wildman–Crippen LogP) is 1.79. The van der Waals surface area contributed by atoms with Gasteiger partial charge in [-0.05, 0) is 25.0 Å². The topological polar surface area (TPSA) is 35.6 Å². The van der Waals surface area contributed by atoms with E-state index in [2.05, 4.69) is 5.32 Å². The summed E-state index contributed by atoms with van der Waals surface area (Å²) in [6.07, 6.45) is 2.30. The number of nitrogens with zero attached hydrogens (tertiary/aromatic N) is 2. The molecule has 0 atom stereocenters. The summed E-state index contributed by atoms with van der Waals surface area (Å²) < 4.78 is 0. The van der Waals surface area contributed by atoms with E-state index in [1.807, 2.05) is 55.2 Å². The fourth-order valence-corrected chi connectivity index (χ4v) is 1.97. The van der Waals surface area contributed by atoms with Gasteiger partial charge in [0, 0.05) is 27.2 Å². The second-order valence-electron chi connectivity index (χ2n) is 5.00. The van der Waals surface area contributed by atoms with E-state index in [-0.39, 0.29) is 5.91 Å². The highest BCUT2D eigenvalue weighted by molar-refractivity contribution is 5.83. The van der Waals surface area contributed by atoms with Gasteiger partial charge in [-0.25, -0.2) is 0 Å². The number of rotatable bonds is 5. The summed E-state index contributed by atoms with van der Waals surface area (Å²) in [6.45, 7) is 0.359. The van der Waals surface area contributed by atoms with Gasteiger partial charge in [0.15, 0.2) is 0 Å². The van der Waals surface area contributed by atoms with E-state index in [0.29, 0.717) is 12.6 Å². The largest absolute Gasteiger partial charge is 0.376 e. The molecule has 1 fully saturated rings. The molecule has 0 spiro atoms. The van der Waals surface area contributed by atoms with Gasteiger partial charge in [0.1, 0.15) is 0 Å². The van der Waals surface area contributed by atoms with E-state index in [4.69, 9.17) is 0 Å². The lowest BCUT2D eigenvalue weighted by atomic mass is 10.2. The van der Waals surface area contributed by atoms with Crippen molar-refractivity contribution in [3.8, 4) is 0 Å². The fraction of sp³-hybridized carbons (Fsp3) is 0.500. The normalized spacial score (nSPS) is 14.2. The first-order valence-corrected chi connectivity index (χ1v) is 6.35. The Bertz CT molecular complexity index is 427. The molecular formula is C14H21N3O. The molecule has 0 aliphatic heterocycles. The minimum absolute atomic E-state index is 0.158. The molecule has 1 aliphatic rings. The molecule has 18 heavy (non-hydrogen) atoms. The molecule has 4 nitrogen and oxygen atoms in total. The Balaban J connectivity index is 1.95. The summed E-state index contributed by atoms with van der Waals surface area (Å²) >= 11 is 0. The third kappa shape index (κ3) is 2.94. The number of carbonyl (C=O) groups excluding carboxylic acids is 1. The zero-order valence-corrected chi connectivity index (χ0v) is 11.3. The quantitative estimate of drug-likeness (QED) is 0.861. The van der Waals surface area contributed by atoms with Crippen molar-refractivity contribution < 1.29 is 4.79 Å². The van der Waals surface area contributed by atoms with E-state index in [1.54, 1.807) is 0 Å². The first-order chi connectivity index (χ1) is 8.59. The molecule has 1 aromatic carbocycles. The Hall–Kier alpha value is -1.71. The molecule has 1 N–H and O–H groups in total. The molecular weight excluding hydrogens is 226 g/mol. The first-order valence-electron chi connectivity index (χ1n) is 6.35. The molecule has 98 valence electrons. The number of benzene rings is 1. The highest BCUT2D eigenvalue weighted by Crippen LogP contribution is 2.26. The maximum atomic E-state index is 11.9. The van der Waals surface area contributed by atoms with Crippen molar-refractivity contribution in [3.05, 3.63) is 24.3 Å². The van der Waals surface area contributed by atoms with Gasteiger partial charge in [0.2, 0.25) is 5.91 Å². The van der Waals surface area contributed by atoms with Crippen LogP contribution in [0.1, 0.15) is 12.8 Å². The highest BCUT2D eigenvalue weighted by atomic mass is 16.2. The molecule has 0 heterocycles. The van der Waals surface area contributed by atoms with Gasteiger partial charge >= 0.3 is 0 Å². The molecule has 0 saturated heterocycles. The third-order valence-electron chi connectivity index (χ3n) is 3.30. The maximum Gasteiger partial charge on any atom is 0.241 e. The first kappa shape index (κ1) is 12.7. The number of carbonyl (C=O) groups is 1. The smallest absolute Gasteiger partial charge is 0.241 e. The number of likely N-dealkylation sites (N-methyl/N-ethyl adjacent to an activating group) is 1. The van der Waals surface area contributed by atoms with Crippen LogP contribution in [0.3, 0.4) is 0 Å². The van der Waals surface area contributed by atoms with Crippen molar-refractivity contribution >= 4 is 17.3 Å². The average Bonchev–Trinajstić information content (AvgIpc) is 3.19.